The van der Waals surface area contributed by atoms with Crippen molar-refractivity contribution in [2.24, 2.45) is 0 Å². The van der Waals surface area contributed by atoms with Crippen LogP contribution in [0.25, 0.3) is 0 Å². The highest BCUT2D eigenvalue weighted by molar-refractivity contribution is 7.15. The SMILES string of the molecule is Cl.Nc1nnc(Cc2ccccc2)s1. The molecule has 5 heteroatoms. The molecule has 3 nitrogen and oxygen atoms in total. The van der Waals surface area contributed by atoms with Gasteiger partial charge in [0.1, 0.15) is 5.01 Å². The molecule has 0 radical (unpaired) electrons. The monoisotopic (exact) mass is 227 g/mol. The maximum atomic E-state index is 5.48. The minimum atomic E-state index is 0. The summed E-state index contributed by atoms with van der Waals surface area (Å²) in [6.07, 6.45) is 0.815. The molecule has 14 heavy (non-hydrogen) atoms. The van der Waals surface area contributed by atoms with Crippen LogP contribution in [0.4, 0.5) is 5.13 Å². The highest BCUT2D eigenvalue weighted by Gasteiger charge is 2.01. The Morgan fingerprint density at radius 2 is 1.86 bits per heavy atom. The lowest BCUT2D eigenvalue weighted by Gasteiger charge is -1.94. The molecule has 1 heterocycles. The standard InChI is InChI=1S/C9H9N3S.ClH/c10-9-12-11-8(13-9)6-7-4-2-1-3-5-7;/h1-5H,6H2,(H2,10,12);1H. The van der Waals surface area contributed by atoms with E-state index in [1.54, 1.807) is 0 Å². The van der Waals surface area contributed by atoms with E-state index in [9.17, 15) is 0 Å². The van der Waals surface area contributed by atoms with Gasteiger partial charge in [-0.25, -0.2) is 0 Å². The number of hydrogen-bond acceptors (Lipinski definition) is 4. The van der Waals surface area contributed by atoms with Crippen molar-refractivity contribution < 1.29 is 0 Å². The lowest BCUT2D eigenvalue weighted by Crippen LogP contribution is -1.85. The maximum absolute atomic E-state index is 5.48. The predicted molar refractivity (Wildman–Crippen MR) is 60.8 cm³/mol. The van der Waals surface area contributed by atoms with Crippen molar-refractivity contribution in [2.45, 2.75) is 6.42 Å². The third-order valence-corrected chi connectivity index (χ3v) is 2.43. The molecule has 0 saturated carbocycles. The van der Waals surface area contributed by atoms with Crippen LogP contribution in [0.1, 0.15) is 10.6 Å². The minimum Gasteiger partial charge on any atom is -0.374 e. The van der Waals surface area contributed by atoms with Crippen molar-refractivity contribution >= 4 is 28.9 Å². The van der Waals surface area contributed by atoms with Gasteiger partial charge in [0.25, 0.3) is 0 Å². The number of nitrogens with zero attached hydrogens (tertiary/aromatic N) is 2. The molecule has 0 unspecified atom stereocenters. The largest absolute Gasteiger partial charge is 0.374 e. The van der Waals surface area contributed by atoms with Gasteiger partial charge in [0.15, 0.2) is 0 Å². The third kappa shape index (κ3) is 2.68. The van der Waals surface area contributed by atoms with Crippen LogP contribution in [0.2, 0.25) is 0 Å². The zero-order valence-electron chi connectivity index (χ0n) is 7.38. The van der Waals surface area contributed by atoms with Crippen molar-refractivity contribution in [1.82, 2.24) is 10.2 Å². The molecule has 0 fully saturated rings. The summed E-state index contributed by atoms with van der Waals surface area (Å²) >= 11 is 1.44. The molecular formula is C9H10ClN3S. The van der Waals surface area contributed by atoms with Crippen LogP contribution < -0.4 is 5.73 Å². The molecule has 0 saturated heterocycles. The first-order valence-corrected chi connectivity index (χ1v) is 4.78. The van der Waals surface area contributed by atoms with Crippen LogP contribution in [0, 0.1) is 0 Å². The van der Waals surface area contributed by atoms with E-state index in [1.807, 2.05) is 18.2 Å². The number of benzene rings is 1. The van der Waals surface area contributed by atoms with Gasteiger partial charge in [-0.15, -0.1) is 22.6 Å². The summed E-state index contributed by atoms with van der Waals surface area (Å²) in [5.74, 6) is 0. The lowest BCUT2D eigenvalue weighted by atomic mass is 10.2. The van der Waals surface area contributed by atoms with E-state index in [0.29, 0.717) is 5.13 Å². The van der Waals surface area contributed by atoms with Gasteiger partial charge in [-0.3, -0.25) is 0 Å². The van der Waals surface area contributed by atoms with Crippen LogP contribution in [0.15, 0.2) is 30.3 Å². The van der Waals surface area contributed by atoms with Crippen LogP contribution in [-0.4, -0.2) is 10.2 Å². The van der Waals surface area contributed by atoms with E-state index in [-0.39, 0.29) is 12.4 Å². The zero-order chi connectivity index (χ0) is 9.10. The quantitative estimate of drug-likeness (QED) is 0.855. The first-order chi connectivity index (χ1) is 6.34. The van der Waals surface area contributed by atoms with Crippen molar-refractivity contribution in [3.05, 3.63) is 40.9 Å². The normalized spacial score (nSPS) is 9.43. The van der Waals surface area contributed by atoms with Gasteiger partial charge in [0.05, 0.1) is 0 Å². The smallest absolute Gasteiger partial charge is 0.203 e. The van der Waals surface area contributed by atoms with Gasteiger partial charge >= 0.3 is 0 Å². The van der Waals surface area contributed by atoms with E-state index in [0.717, 1.165) is 11.4 Å². The molecule has 2 N–H and O–H groups in total. The topological polar surface area (TPSA) is 51.8 Å². The zero-order valence-corrected chi connectivity index (χ0v) is 9.02. The van der Waals surface area contributed by atoms with Crippen LogP contribution in [0.3, 0.4) is 0 Å². The van der Waals surface area contributed by atoms with Gasteiger partial charge in [0, 0.05) is 6.42 Å². The number of anilines is 1. The summed E-state index contributed by atoms with van der Waals surface area (Å²) < 4.78 is 0. The molecule has 1 aromatic heterocycles. The molecule has 0 aliphatic heterocycles. The molecule has 0 spiro atoms. The fourth-order valence-corrected chi connectivity index (χ4v) is 1.75. The summed E-state index contributed by atoms with van der Waals surface area (Å²) in [6, 6.07) is 10.2. The molecule has 0 amide bonds. The lowest BCUT2D eigenvalue weighted by molar-refractivity contribution is 1.01. The molecule has 0 aliphatic rings. The predicted octanol–water partition coefficient (Wildman–Crippen LogP) is 2.13. The number of hydrogen-bond donors (Lipinski definition) is 1. The second-order valence-electron chi connectivity index (χ2n) is 2.70. The van der Waals surface area contributed by atoms with Gasteiger partial charge in [-0.05, 0) is 5.56 Å². The molecular weight excluding hydrogens is 218 g/mol. The number of nitrogens with two attached hydrogens (primary N) is 1. The third-order valence-electron chi connectivity index (χ3n) is 1.68. The highest BCUT2D eigenvalue weighted by Crippen LogP contribution is 2.15. The molecule has 0 bridgehead atoms. The summed E-state index contributed by atoms with van der Waals surface area (Å²) in [4.78, 5) is 0. The molecule has 0 aliphatic carbocycles. The summed E-state index contributed by atoms with van der Waals surface area (Å²) in [5.41, 5.74) is 6.71. The number of nitrogen functional groups attached to an aromatic ring is 1. The average molecular weight is 228 g/mol. The molecule has 1 aromatic carbocycles. The number of halogens is 1. The molecule has 0 atom stereocenters. The second-order valence-corrected chi connectivity index (χ2v) is 3.79. The Labute approximate surface area is 92.4 Å². The molecule has 74 valence electrons. The Kier molecular flexibility index (Phi) is 3.85. The highest BCUT2D eigenvalue weighted by atomic mass is 35.5. The van der Waals surface area contributed by atoms with Gasteiger partial charge in [-0.1, -0.05) is 41.7 Å². The Morgan fingerprint density at radius 3 is 2.43 bits per heavy atom. The van der Waals surface area contributed by atoms with Crippen LogP contribution >= 0.6 is 23.7 Å². The maximum Gasteiger partial charge on any atom is 0.203 e. The molecule has 2 aromatic rings. The van der Waals surface area contributed by atoms with E-state index in [4.69, 9.17) is 5.73 Å². The van der Waals surface area contributed by atoms with Gasteiger partial charge < -0.3 is 5.73 Å². The van der Waals surface area contributed by atoms with Crippen molar-refractivity contribution in [1.29, 1.82) is 0 Å². The first-order valence-electron chi connectivity index (χ1n) is 3.96. The fraction of sp³-hybridized carbons (Fsp3) is 0.111. The van der Waals surface area contributed by atoms with E-state index in [1.165, 1.54) is 16.9 Å². The Bertz CT molecular complexity index is 388. The van der Waals surface area contributed by atoms with E-state index in [2.05, 4.69) is 22.3 Å². The second kappa shape index (κ2) is 4.93. The number of rotatable bonds is 2. The van der Waals surface area contributed by atoms with Crippen molar-refractivity contribution in [3.8, 4) is 0 Å². The minimum absolute atomic E-state index is 0. The molecule has 2 rings (SSSR count). The summed E-state index contributed by atoms with van der Waals surface area (Å²) in [7, 11) is 0. The van der Waals surface area contributed by atoms with Crippen LogP contribution in [0.5, 0.6) is 0 Å². The van der Waals surface area contributed by atoms with E-state index >= 15 is 0 Å². The van der Waals surface area contributed by atoms with Crippen LogP contribution in [-0.2, 0) is 6.42 Å². The fourth-order valence-electron chi connectivity index (χ4n) is 1.11. The van der Waals surface area contributed by atoms with Gasteiger partial charge in [-0.2, -0.15) is 0 Å². The Hall–Kier alpha value is -1.13. The first kappa shape index (κ1) is 10.9. The van der Waals surface area contributed by atoms with Crippen molar-refractivity contribution in [2.75, 3.05) is 5.73 Å². The Morgan fingerprint density at radius 1 is 1.14 bits per heavy atom. The van der Waals surface area contributed by atoms with Gasteiger partial charge in [0.2, 0.25) is 5.13 Å². The number of aromatic nitrogens is 2. The summed E-state index contributed by atoms with van der Waals surface area (Å²) in [5, 5.41) is 9.21. The van der Waals surface area contributed by atoms with E-state index < -0.39 is 0 Å². The Balaban J connectivity index is 0.000000980. The average Bonchev–Trinajstić information content (AvgIpc) is 2.53. The summed E-state index contributed by atoms with van der Waals surface area (Å²) in [6.45, 7) is 0. The van der Waals surface area contributed by atoms with Crippen molar-refractivity contribution in [3.63, 3.8) is 0 Å².